The molecule has 0 bridgehead atoms. The monoisotopic (exact) mass is 339 g/mol. The third-order valence-electron chi connectivity index (χ3n) is 3.60. The zero-order chi connectivity index (χ0) is 16.7. The summed E-state index contributed by atoms with van der Waals surface area (Å²) in [6, 6.07) is 8.12. The highest BCUT2D eigenvalue weighted by Gasteiger charge is 2.39. The molecule has 3 heterocycles. The van der Waals surface area contributed by atoms with E-state index < -0.39 is 17.8 Å². The van der Waals surface area contributed by atoms with Crippen molar-refractivity contribution in [3.05, 3.63) is 64.0 Å². The van der Waals surface area contributed by atoms with Crippen LogP contribution in [-0.2, 0) is 4.84 Å². The lowest BCUT2D eigenvalue weighted by Gasteiger charge is -2.12. The lowest BCUT2D eigenvalue weighted by Crippen LogP contribution is -2.32. The maximum atomic E-state index is 12.4. The lowest BCUT2D eigenvalue weighted by molar-refractivity contribution is -0.0584. The molecule has 8 heteroatoms. The molecular weight excluding hydrogens is 330 g/mol. The van der Waals surface area contributed by atoms with Crippen molar-refractivity contribution >= 4 is 29.1 Å². The molecule has 0 aliphatic carbocycles. The molecule has 2 aromatic heterocycles. The molecule has 1 aromatic carbocycles. The van der Waals surface area contributed by atoms with Gasteiger partial charge in [-0.2, -0.15) is 16.4 Å². The highest BCUT2D eigenvalue weighted by Crippen LogP contribution is 2.26. The standard InChI is InChI=1S/C16H9N3O4S/c20-14-10-3-1-2-4-11(10)15(21)19(14)23-16(22)12-7-17-18-13(12)9-5-6-24-8-9/h1-8H,(H,17,18). The van der Waals surface area contributed by atoms with Crippen molar-refractivity contribution in [3.8, 4) is 11.3 Å². The Labute approximate surface area is 139 Å². The number of fused-ring (bicyclic) bond motifs is 1. The summed E-state index contributed by atoms with van der Waals surface area (Å²) in [6.45, 7) is 0. The van der Waals surface area contributed by atoms with Crippen LogP contribution in [0.4, 0.5) is 0 Å². The molecular formula is C16H9N3O4S. The average Bonchev–Trinajstić information content (AvgIpc) is 3.31. The number of imide groups is 1. The van der Waals surface area contributed by atoms with Crippen molar-refractivity contribution in [3.63, 3.8) is 0 Å². The molecule has 24 heavy (non-hydrogen) atoms. The summed E-state index contributed by atoms with van der Waals surface area (Å²) >= 11 is 1.46. The third-order valence-corrected chi connectivity index (χ3v) is 4.28. The van der Waals surface area contributed by atoms with E-state index in [1.165, 1.54) is 29.7 Å². The SMILES string of the molecule is O=C(ON1C(=O)c2ccccc2C1=O)c1cn[nH]c1-c1ccsc1. The van der Waals surface area contributed by atoms with Crippen LogP contribution in [0.25, 0.3) is 11.3 Å². The molecule has 0 spiro atoms. The van der Waals surface area contributed by atoms with Crippen LogP contribution < -0.4 is 0 Å². The van der Waals surface area contributed by atoms with Crippen molar-refractivity contribution in [2.75, 3.05) is 0 Å². The van der Waals surface area contributed by atoms with E-state index in [0.717, 1.165) is 5.56 Å². The second kappa shape index (κ2) is 5.43. The Kier molecular flexibility index (Phi) is 3.24. The highest BCUT2D eigenvalue weighted by molar-refractivity contribution is 7.08. The fourth-order valence-electron chi connectivity index (χ4n) is 2.45. The molecule has 0 atom stereocenters. The quantitative estimate of drug-likeness (QED) is 0.740. The van der Waals surface area contributed by atoms with Gasteiger partial charge in [0.2, 0.25) is 0 Å². The smallest absolute Gasteiger partial charge is 0.324 e. The number of amides is 2. The first-order chi connectivity index (χ1) is 11.7. The van der Waals surface area contributed by atoms with Crippen molar-refractivity contribution in [1.82, 2.24) is 15.3 Å². The van der Waals surface area contributed by atoms with Gasteiger partial charge in [0.25, 0.3) is 11.8 Å². The Bertz CT molecular complexity index is 926. The molecule has 0 saturated carbocycles. The molecule has 7 nitrogen and oxygen atoms in total. The van der Waals surface area contributed by atoms with Gasteiger partial charge in [0.15, 0.2) is 0 Å². The van der Waals surface area contributed by atoms with Crippen LogP contribution in [0.1, 0.15) is 31.1 Å². The number of hydrogen-bond donors (Lipinski definition) is 1. The summed E-state index contributed by atoms with van der Waals surface area (Å²) in [7, 11) is 0. The Morgan fingerprint density at radius 2 is 1.83 bits per heavy atom. The summed E-state index contributed by atoms with van der Waals surface area (Å²) in [5.41, 5.74) is 1.80. The molecule has 3 aromatic rings. The predicted octanol–water partition coefficient (Wildman–Crippen LogP) is 2.51. The van der Waals surface area contributed by atoms with Gasteiger partial charge in [-0.05, 0) is 23.6 Å². The number of hydrogen-bond acceptors (Lipinski definition) is 6. The van der Waals surface area contributed by atoms with Gasteiger partial charge in [-0.1, -0.05) is 17.2 Å². The summed E-state index contributed by atoms with van der Waals surface area (Å²) < 4.78 is 0. The first-order valence-corrected chi connectivity index (χ1v) is 7.87. The van der Waals surface area contributed by atoms with Crippen molar-refractivity contribution in [2.24, 2.45) is 0 Å². The average molecular weight is 339 g/mol. The van der Waals surface area contributed by atoms with Crippen LogP contribution in [-0.4, -0.2) is 33.0 Å². The first kappa shape index (κ1) is 14.3. The Morgan fingerprint density at radius 1 is 1.12 bits per heavy atom. The first-order valence-electron chi connectivity index (χ1n) is 6.93. The Balaban J connectivity index is 1.62. The fourth-order valence-corrected chi connectivity index (χ4v) is 3.10. The number of rotatable bonds is 3. The molecule has 0 fully saturated rings. The minimum atomic E-state index is -0.834. The second-order valence-electron chi connectivity index (χ2n) is 5.00. The number of aromatic nitrogens is 2. The van der Waals surface area contributed by atoms with Crippen molar-refractivity contribution in [1.29, 1.82) is 0 Å². The van der Waals surface area contributed by atoms with Crippen molar-refractivity contribution < 1.29 is 19.2 Å². The zero-order valence-corrected chi connectivity index (χ0v) is 12.9. The molecule has 2 amide bonds. The number of carbonyl (C=O) groups excluding carboxylic acids is 3. The summed E-state index contributed by atoms with van der Waals surface area (Å²) in [5.74, 6) is -2.16. The van der Waals surface area contributed by atoms with Crippen LogP contribution in [0.5, 0.6) is 0 Å². The Hall–Kier alpha value is -3.26. The number of carbonyl (C=O) groups is 3. The molecule has 4 rings (SSSR count). The van der Waals surface area contributed by atoms with Crippen molar-refractivity contribution in [2.45, 2.75) is 0 Å². The number of H-pyrrole nitrogens is 1. The highest BCUT2D eigenvalue weighted by atomic mass is 32.1. The van der Waals surface area contributed by atoms with Gasteiger partial charge < -0.3 is 4.84 Å². The minimum Gasteiger partial charge on any atom is -0.324 e. The van der Waals surface area contributed by atoms with Gasteiger partial charge in [0.1, 0.15) is 5.56 Å². The molecule has 1 aliphatic rings. The van der Waals surface area contributed by atoms with Crippen LogP contribution in [0.2, 0.25) is 0 Å². The van der Waals surface area contributed by atoms with E-state index in [1.807, 2.05) is 16.8 Å². The van der Waals surface area contributed by atoms with E-state index in [2.05, 4.69) is 10.2 Å². The van der Waals surface area contributed by atoms with E-state index in [-0.39, 0.29) is 16.7 Å². The van der Waals surface area contributed by atoms with Gasteiger partial charge in [-0.3, -0.25) is 14.7 Å². The third kappa shape index (κ3) is 2.12. The lowest BCUT2D eigenvalue weighted by atomic mass is 10.1. The number of thiophene rings is 1. The van der Waals surface area contributed by atoms with E-state index in [9.17, 15) is 14.4 Å². The number of nitrogens with zero attached hydrogens (tertiary/aromatic N) is 2. The van der Waals surface area contributed by atoms with Gasteiger partial charge in [-0.25, -0.2) is 4.79 Å². The molecule has 0 saturated heterocycles. The number of benzene rings is 1. The second-order valence-corrected chi connectivity index (χ2v) is 5.78. The molecule has 118 valence electrons. The van der Waals surface area contributed by atoms with E-state index in [0.29, 0.717) is 10.8 Å². The minimum absolute atomic E-state index is 0.143. The van der Waals surface area contributed by atoms with Gasteiger partial charge in [0.05, 0.1) is 23.0 Å². The van der Waals surface area contributed by atoms with Gasteiger partial charge >= 0.3 is 5.97 Å². The number of hydroxylamine groups is 2. The van der Waals surface area contributed by atoms with E-state index in [1.54, 1.807) is 12.1 Å². The number of nitrogens with one attached hydrogen (secondary N) is 1. The number of aromatic amines is 1. The van der Waals surface area contributed by atoms with Crippen LogP contribution in [0.3, 0.4) is 0 Å². The van der Waals surface area contributed by atoms with Gasteiger partial charge in [-0.15, -0.1) is 0 Å². The van der Waals surface area contributed by atoms with Crippen LogP contribution in [0, 0.1) is 0 Å². The maximum Gasteiger partial charge on any atom is 0.367 e. The molecule has 0 radical (unpaired) electrons. The zero-order valence-electron chi connectivity index (χ0n) is 12.1. The van der Waals surface area contributed by atoms with Crippen LogP contribution in [0.15, 0.2) is 47.3 Å². The summed E-state index contributed by atoms with van der Waals surface area (Å²) in [5, 5.41) is 10.7. The maximum absolute atomic E-state index is 12.4. The fraction of sp³-hybridized carbons (Fsp3) is 0. The van der Waals surface area contributed by atoms with Crippen LogP contribution >= 0.6 is 11.3 Å². The molecule has 1 aliphatic heterocycles. The summed E-state index contributed by atoms with van der Waals surface area (Å²) in [4.78, 5) is 41.9. The molecule has 1 N–H and O–H groups in total. The summed E-state index contributed by atoms with van der Waals surface area (Å²) in [6.07, 6.45) is 1.30. The normalized spacial score (nSPS) is 13.2. The Morgan fingerprint density at radius 3 is 2.46 bits per heavy atom. The molecule has 0 unspecified atom stereocenters. The van der Waals surface area contributed by atoms with E-state index in [4.69, 9.17) is 4.84 Å². The van der Waals surface area contributed by atoms with E-state index >= 15 is 0 Å². The topological polar surface area (TPSA) is 92.4 Å². The van der Waals surface area contributed by atoms with Gasteiger partial charge in [0, 0.05) is 10.9 Å². The predicted molar refractivity (Wildman–Crippen MR) is 84.3 cm³/mol. The largest absolute Gasteiger partial charge is 0.367 e.